The molecule has 0 saturated heterocycles. The Hall–Kier alpha value is -3.26. The minimum atomic E-state index is -0.687. The normalized spacial score (nSPS) is 10.8. The summed E-state index contributed by atoms with van der Waals surface area (Å²) in [5.74, 6) is -0.102. The smallest absolute Gasteiger partial charge is 0.408 e. The van der Waals surface area contributed by atoms with Crippen molar-refractivity contribution >= 4 is 40.9 Å². The van der Waals surface area contributed by atoms with Gasteiger partial charge >= 0.3 is 6.09 Å². The van der Waals surface area contributed by atoms with E-state index in [1.165, 1.54) is 0 Å². The summed E-state index contributed by atoms with van der Waals surface area (Å²) >= 11 is 6.03. The molecule has 0 saturated carbocycles. The zero-order chi connectivity index (χ0) is 23.6. The van der Waals surface area contributed by atoms with Crippen LogP contribution in [0.25, 0.3) is 0 Å². The van der Waals surface area contributed by atoms with E-state index in [2.05, 4.69) is 16.0 Å². The number of anilines is 2. The third-order valence-corrected chi connectivity index (χ3v) is 4.22. The number of amides is 3. The fraction of sp³-hybridized carbons (Fsp3) is 0.348. The lowest BCUT2D eigenvalue weighted by Gasteiger charge is -2.19. The molecule has 0 spiro atoms. The quantitative estimate of drug-likeness (QED) is 0.473. The number of halogens is 1. The van der Waals surface area contributed by atoms with E-state index in [0.717, 1.165) is 0 Å². The Morgan fingerprint density at radius 3 is 2.12 bits per heavy atom. The average molecular weight is 462 g/mol. The van der Waals surface area contributed by atoms with Gasteiger partial charge in [-0.25, -0.2) is 4.79 Å². The summed E-state index contributed by atoms with van der Waals surface area (Å²) < 4.78 is 10.7. The Bertz CT molecular complexity index is 943. The molecule has 2 rings (SSSR count). The fourth-order valence-electron chi connectivity index (χ4n) is 2.55. The summed E-state index contributed by atoms with van der Waals surface area (Å²) in [6, 6.07) is 13.9. The monoisotopic (exact) mass is 461 g/mol. The van der Waals surface area contributed by atoms with Gasteiger partial charge in [0.25, 0.3) is 0 Å². The standard InChI is InChI=1S/C23H28ClN3O5/c1-23(2,3)32-22(30)25-15-21(29)27-18-11-6-5-10-17(18)26-20(28)13-8-14-31-19-12-7-4-9-16(19)24/h4-7,9-12H,8,13-15H2,1-3H3,(H,25,30)(H,26,28)(H,27,29). The molecule has 0 aliphatic heterocycles. The van der Waals surface area contributed by atoms with Gasteiger partial charge < -0.3 is 25.4 Å². The maximum absolute atomic E-state index is 12.3. The molecular weight excluding hydrogens is 434 g/mol. The number of para-hydroxylation sites is 3. The van der Waals surface area contributed by atoms with Crippen LogP contribution >= 0.6 is 11.6 Å². The number of carbonyl (C=O) groups excluding carboxylic acids is 3. The van der Waals surface area contributed by atoms with Crippen molar-refractivity contribution in [2.24, 2.45) is 0 Å². The molecule has 0 fully saturated rings. The largest absolute Gasteiger partial charge is 0.492 e. The third-order valence-electron chi connectivity index (χ3n) is 3.91. The van der Waals surface area contributed by atoms with Gasteiger partial charge in [-0.05, 0) is 51.5 Å². The van der Waals surface area contributed by atoms with E-state index in [4.69, 9.17) is 21.1 Å². The van der Waals surface area contributed by atoms with Gasteiger partial charge in [-0.1, -0.05) is 35.9 Å². The van der Waals surface area contributed by atoms with Crippen LogP contribution in [0.5, 0.6) is 5.75 Å². The van der Waals surface area contributed by atoms with E-state index in [1.807, 2.05) is 12.1 Å². The minimum absolute atomic E-state index is 0.221. The zero-order valence-corrected chi connectivity index (χ0v) is 19.1. The second kappa shape index (κ2) is 12.0. The van der Waals surface area contributed by atoms with Crippen molar-refractivity contribution in [3.63, 3.8) is 0 Å². The van der Waals surface area contributed by atoms with Crippen molar-refractivity contribution in [1.82, 2.24) is 5.32 Å². The highest BCUT2D eigenvalue weighted by Crippen LogP contribution is 2.24. The molecule has 2 aromatic rings. The van der Waals surface area contributed by atoms with Crippen molar-refractivity contribution in [2.75, 3.05) is 23.8 Å². The number of rotatable bonds is 9. The molecule has 2 aromatic carbocycles. The third kappa shape index (κ3) is 9.26. The molecule has 0 heterocycles. The second-order valence-electron chi connectivity index (χ2n) is 7.88. The highest BCUT2D eigenvalue weighted by molar-refractivity contribution is 6.32. The highest BCUT2D eigenvalue weighted by Gasteiger charge is 2.17. The van der Waals surface area contributed by atoms with Crippen LogP contribution in [-0.4, -0.2) is 36.7 Å². The Morgan fingerprint density at radius 1 is 0.906 bits per heavy atom. The maximum Gasteiger partial charge on any atom is 0.408 e. The Balaban J connectivity index is 1.79. The molecule has 3 amide bonds. The van der Waals surface area contributed by atoms with Crippen LogP contribution in [0.4, 0.5) is 16.2 Å². The predicted molar refractivity (Wildman–Crippen MR) is 124 cm³/mol. The van der Waals surface area contributed by atoms with Gasteiger partial charge in [-0.2, -0.15) is 0 Å². The molecule has 0 bridgehead atoms. The van der Waals surface area contributed by atoms with E-state index in [-0.39, 0.29) is 18.9 Å². The van der Waals surface area contributed by atoms with Crippen LogP contribution in [0, 0.1) is 0 Å². The number of nitrogens with one attached hydrogen (secondary N) is 3. The van der Waals surface area contributed by atoms with Gasteiger partial charge in [-0.3, -0.25) is 9.59 Å². The first-order chi connectivity index (χ1) is 15.1. The van der Waals surface area contributed by atoms with E-state index in [1.54, 1.807) is 57.2 Å². The highest BCUT2D eigenvalue weighted by atomic mass is 35.5. The van der Waals surface area contributed by atoms with Gasteiger partial charge in [0.2, 0.25) is 11.8 Å². The van der Waals surface area contributed by atoms with Crippen LogP contribution in [0.2, 0.25) is 5.02 Å². The van der Waals surface area contributed by atoms with Gasteiger partial charge in [0, 0.05) is 6.42 Å². The summed E-state index contributed by atoms with van der Waals surface area (Å²) in [5, 5.41) is 8.34. The molecule has 0 aliphatic carbocycles. The van der Waals surface area contributed by atoms with Crippen LogP contribution in [0.15, 0.2) is 48.5 Å². The lowest BCUT2D eigenvalue weighted by atomic mass is 10.2. The molecule has 0 atom stereocenters. The van der Waals surface area contributed by atoms with Gasteiger partial charge in [-0.15, -0.1) is 0 Å². The lowest BCUT2D eigenvalue weighted by Crippen LogP contribution is -2.37. The van der Waals surface area contributed by atoms with Crippen LogP contribution < -0.4 is 20.7 Å². The van der Waals surface area contributed by atoms with E-state index in [9.17, 15) is 14.4 Å². The molecule has 0 radical (unpaired) electrons. The van der Waals surface area contributed by atoms with Crippen molar-refractivity contribution in [2.45, 2.75) is 39.2 Å². The average Bonchev–Trinajstić information content (AvgIpc) is 2.71. The minimum Gasteiger partial charge on any atom is -0.492 e. The van der Waals surface area contributed by atoms with Gasteiger partial charge in [0.15, 0.2) is 0 Å². The summed E-state index contributed by atoms with van der Waals surface area (Å²) in [6.45, 7) is 5.26. The van der Waals surface area contributed by atoms with Crippen LogP contribution in [0.1, 0.15) is 33.6 Å². The summed E-state index contributed by atoms with van der Waals surface area (Å²) in [4.78, 5) is 36.1. The second-order valence-corrected chi connectivity index (χ2v) is 8.29. The molecule has 3 N–H and O–H groups in total. The first-order valence-electron chi connectivity index (χ1n) is 10.2. The van der Waals surface area contributed by atoms with Crippen LogP contribution in [-0.2, 0) is 14.3 Å². The molecular formula is C23H28ClN3O5. The number of benzene rings is 2. The Labute approximate surface area is 192 Å². The van der Waals surface area contributed by atoms with Gasteiger partial charge in [0.05, 0.1) is 23.0 Å². The molecule has 172 valence electrons. The first kappa shape index (κ1) is 25.0. The Kier molecular flexibility index (Phi) is 9.34. The summed E-state index contributed by atoms with van der Waals surface area (Å²) in [6.07, 6.45) is 0.0338. The molecule has 8 nitrogen and oxygen atoms in total. The molecule has 0 aromatic heterocycles. The molecule has 32 heavy (non-hydrogen) atoms. The topological polar surface area (TPSA) is 106 Å². The van der Waals surface area contributed by atoms with Crippen molar-refractivity contribution in [3.8, 4) is 5.75 Å². The molecule has 0 unspecified atom stereocenters. The number of alkyl carbamates (subject to hydrolysis) is 1. The summed E-state index contributed by atoms with van der Waals surface area (Å²) in [7, 11) is 0. The Morgan fingerprint density at radius 2 is 1.50 bits per heavy atom. The van der Waals surface area contributed by atoms with E-state index < -0.39 is 17.6 Å². The van der Waals surface area contributed by atoms with Crippen molar-refractivity contribution in [3.05, 3.63) is 53.6 Å². The summed E-state index contributed by atoms with van der Waals surface area (Å²) in [5.41, 5.74) is 0.217. The number of hydrogen-bond donors (Lipinski definition) is 3. The molecule has 0 aliphatic rings. The number of carbonyl (C=O) groups is 3. The van der Waals surface area contributed by atoms with E-state index in [0.29, 0.717) is 35.2 Å². The number of hydrogen-bond acceptors (Lipinski definition) is 5. The first-order valence-corrected chi connectivity index (χ1v) is 10.5. The van der Waals surface area contributed by atoms with E-state index >= 15 is 0 Å². The lowest BCUT2D eigenvalue weighted by molar-refractivity contribution is -0.117. The SMILES string of the molecule is CC(C)(C)OC(=O)NCC(=O)Nc1ccccc1NC(=O)CCCOc1ccccc1Cl. The van der Waals surface area contributed by atoms with Crippen molar-refractivity contribution in [1.29, 1.82) is 0 Å². The predicted octanol–water partition coefficient (Wildman–Crippen LogP) is 4.60. The van der Waals surface area contributed by atoms with Crippen molar-refractivity contribution < 1.29 is 23.9 Å². The molecule has 9 heteroatoms. The zero-order valence-electron chi connectivity index (χ0n) is 18.4. The maximum atomic E-state index is 12.3. The number of ether oxygens (including phenoxy) is 2. The van der Waals surface area contributed by atoms with Crippen LogP contribution in [0.3, 0.4) is 0 Å². The van der Waals surface area contributed by atoms with Gasteiger partial charge in [0.1, 0.15) is 17.9 Å². The fourth-order valence-corrected chi connectivity index (χ4v) is 2.74.